The Labute approximate surface area is 119 Å². The average Bonchev–Trinajstić information content (AvgIpc) is 2.94. The predicted molar refractivity (Wildman–Crippen MR) is 77.6 cm³/mol. The summed E-state index contributed by atoms with van der Waals surface area (Å²) in [5, 5.41) is 0. The largest absolute Gasteiger partial charge is 0.324 e. The molecule has 0 aromatic heterocycles. The molecule has 7 heteroatoms. The van der Waals surface area contributed by atoms with Crippen molar-refractivity contribution in [2.75, 3.05) is 31.6 Å². The van der Waals surface area contributed by atoms with E-state index < -0.39 is 10.0 Å². The first kappa shape index (κ1) is 13.8. The lowest BCUT2D eigenvalue weighted by Crippen LogP contribution is -2.51. The first-order valence-electron chi connectivity index (χ1n) is 6.92. The van der Waals surface area contributed by atoms with Crippen molar-refractivity contribution < 1.29 is 8.42 Å². The van der Waals surface area contributed by atoms with Crippen LogP contribution in [0.5, 0.6) is 0 Å². The fourth-order valence-electron chi connectivity index (χ4n) is 3.05. The lowest BCUT2D eigenvalue weighted by Gasteiger charge is -2.36. The van der Waals surface area contributed by atoms with Crippen LogP contribution in [-0.4, -0.2) is 49.8 Å². The highest BCUT2D eigenvalue weighted by Gasteiger charge is 2.36. The molecule has 1 unspecified atom stereocenters. The number of anilines is 1. The van der Waals surface area contributed by atoms with Gasteiger partial charge < -0.3 is 5.43 Å². The van der Waals surface area contributed by atoms with Crippen LogP contribution < -0.4 is 11.3 Å². The van der Waals surface area contributed by atoms with Gasteiger partial charge in [0.1, 0.15) is 0 Å². The normalized spacial score (nSPS) is 24.6. The molecule has 0 spiro atoms. The number of hydrazine groups is 1. The van der Waals surface area contributed by atoms with Crippen LogP contribution in [0.3, 0.4) is 0 Å². The smallest absolute Gasteiger partial charge is 0.243 e. The number of fused-ring (bicyclic) bond motifs is 1. The molecule has 2 saturated heterocycles. The zero-order valence-corrected chi connectivity index (χ0v) is 12.1. The molecule has 2 heterocycles. The van der Waals surface area contributed by atoms with Crippen LogP contribution in [0.4, 0.5) is 5.69 Å². The van der Waals surface area contributed by atoms with Gasteiger partial charge >= 0.3 is 0 Å². The van der Waals surface area contributed by atoms with Gasteiger partial charge in [-0.2, -0.15) is 4.31 Å². The summed E-state index contributed by atoms with van der Waals surface area (Å²) in [6.07, 6.45) is 2.28. The van der Waals surface area contributed by atoms with Crippen molar-refractivity contribution in [3.05, 3.63) is 24.3 Å². The van der Waals surface area contributed by atoms with Crippen molar-refractivity contribution in [3.8, 4) is 0 Å². The minimum Gasteiger partial charge on any atom is -0.324 e. The van der Waals surface area contributed by atoms with Gasteiger partial charge in [0, 0.05) is 31.4 Å². The van der Waals surface area contributed by atoms with E-state index in [0.29, 0.717) is 29.7 Å². The number of benzene rings is 1. The lowest BCUT2D eigenvalue weighted by molar-refractivity contribution is 0.158. The number of nitrogens with two attached hydrogens (primary N) is 1. The van der Waals surface area contributed by atoms with E-state index in [2.05, 4.69) is 10.3 Å². The van der Waals surface area contributed by atoms with Crippen molar-refractivity contribution in [2.45, 2.75) is 23.8 Å². The van der Waals surface area contributed by atoms with E-state index in [1.807, 2.05) is 0 Å². The topological polar surface area (TPSA) is 78.7 Å². The highest BCUT2D eigenvalue weighted by Crippen LogP contribution is 2.26. The number of piperazine rings is 1. The Hall–Kier alpha value is -1.15. The number of hydrogen-bond donors (Lipinski definition) is 2. The monoisotopic (exact) mass is 296 g/mol. The van der Waals surface area contributed by atoms with Gasteiger partial charge in [-0.3, -0.25) is 10.7 Å². The van der Waals surface area contributed by atoms with Crippen LogP contribution in [0, 0.1) is 0 Å². The third-order valence-corrected chi connectivity index (χ3v) is 6.09. The number of sulfonamides is 1. The molecule has 2 aliphatic rings. The second-order valence-corrected chi connectivity index (χ2v) is 7.30. The number of hydrogen-bond acceptors (Lipinski definition) is 5. The molecule has 1 atom stereocenters. The Morgan fingerprint density at radius 3 is 2.60 bits per heavy atom. The van der Waals surface area contributed by atoms with Crippen molar-refractivity contribution in [1.82, 2.24) is 9.21 Å². The van der Waals surface area contributed by atoms with E-state index in [9.17, 15) is 8.42 Å². The van der Waals surface area contributed by atoms with E-state index in [-0.39, 0.29) is 0 Å². The number of rotatable bonds is 3. The Balaban J connectivity index is 1.80. The summed E-state index contributed by atoms with van der Waals surface area (Å²) in [4.78, 5) is 2.73. The molecule has 0 bridgehead atoms. The standard InChI is InChI=1S/C13H20N4O2S/c14-15-11-3-5-13(6-4-11)20(18,19)17-9-8-16-7-1-2-12(16)10-17/h3-6,12,15H,1-2,7-10,14H2. The van der Waals surface area contributed by atoms with Crippen LogP contribution >= 0.6 is 0 Å². The van der Waals surface area contributed by atoms with Gasteiger partial charge in [0.2, 0.25) is 10.0 Å². The third-order valence-electron chi connectivity index (χ3n) is 4.21. The second kappa shape index (κ2) is 5.33. The molecule has 6 nitrogen and oxygen atoms in total. The second-order valence-electron chi connectivity index (χ2n) is 5.36. The average molecular weight is 296 g/mol. The minimum atomic E-state index is -3.39. The number of nitrogen functional groups attached to an aromatic ring is 1. The van der Waals surface area contributed by atoms with Gasteiger partial charge in [0.15, 0.2) is 0 Å². The van der Waals surface area contributed by atoms with Gasteiger partial charge in [0.25, 0.3) is 0 Å². The number of nitrogens with one attached hydrogen (secondary N) is 1. The molecule has 1 aromatic rings. The summed E-state index contributed by atoms with van der Waals surface area (Å²) in [6.45, 7) is 3.14. The molecular weight excluding hydrogens is 276 g/mol. The minimum absolute atomic E-state index is 0.336. The van der Waals surface area contributed by atoms with E-state index in [0.717, 1.165) is 19.5 Å². The fourth-order valence-corrected chi connectivity index (χ4v) is 4.52. The zero-order chi connectivity index (χ0) is 14.2. The van der Waals surface area contributed by atoms with Gasteiger partial charge in [-0.15, -0.1) is 0 Å². The molecule has 20 heavy (non-hydrogen) atoms. The Morgan fingerprint density at radius 1 is 1.15 bits per heavy atom. The van der Waals surface area contributed by atoms with Crippen molar-refractivity contribution in [1.29, 1.82) is 0 Å². The molecule has 0 radical (unpaired) electrons. The molecule has 3 N–H and O–H groups in total. The molecule has 2 aliphatic heterocycles. The van der Waals surface area contributed by atoms with E-state index in [1.165, 1.54) is 6.42 Å². The van der Waals surface area contributed by atoms with Crippen molar-refractivity contribution in [3.63, 3.8) is 0 Å². The van der Waals surface area contributed by atoms with Crippen LogP contribution in [0.25, 0.3) is 0 Å². The molecule has 1 aromatic carbocycles. The first-order chi connectivity index (χ1) is 9.61. The van der Waals surface area contributed by atoms with Crippen LogP contribution in [0.1, 0.15) is 12.8 Å². The van der Waals surface area contributed by atoms with Crippen LogP contribution in [0.15, 0.2) is 29.2 Å². The van der Waals surface area contributed by atoms with Crippen LogP contribution in [-0.2, 0) is 10.0 Å². The Bertz CT molecular complexity index is 573. The maximum Gasteiger partial charge on any atom is 0.243 e. The van der Waals surface area contributed by atoms with Gasteiger partial charge in [-0.25, -0.2) is 8.42 Å². The molecule has 0 aliphatic carbocycles. The van der Waals surface area contributed by atoms with E-state index in [1.54, 1.807) is 28.6 Å². The molecule has 2 fully saturated rings. The quantitative estimate of drug-likeness (QED) is 0.625. The van der Waals surface area contributed by atoms with Crippen LogP contribution in [0.2, 0.25) is 0 Å². The van der Waals surface area contributed by atoms with Crippen molar-refractivity contribution in [2.24, 2.45) is 5.84 Å². The molecular formula is C13H20N4O2S. The maximum atomic E-state index is 12.6. The molecule has 3 rings (SSSR count). The van der Waals surface area contributed by atoms with Gasteiger partial charge in [-0.1, -0.05) is 0 Å². The maximum absolute atomic E-state index is 12.6. The molecule has 0 amide bonds. The Morgan fingerprint density at radius 2 is 1.90 bits per heavy atom. The molecule has 0 saturated carbocycles. The SMILES string of the molecule is NNc1ccc(S(=O)(=O)N2CCN3CCCC3C2)cc1. The predicted octanol–water partition coefficient (Wildman–Crippen LogP) is 0.441. The fraction of sp³-hybridized carbons (Fsp3) is 0.538. The van der Waals surface area contributed by atoms with Gasteiger partial charge in [0.05, 0.1) is 4.90 Å². The molecule has 110 valence electrons. The van der Waals surface area contributed by atoms with Gasteiger partial charge in [-0.05, 0) is 43.7 Å². The highest BCUT2D eigenvalue weighted by molar-refractivity contribution is 7.89. The summed E-state index contributed by atoms with van der Waals surface area (Å²) >= 11 is 0. The summed E-state index contributed by atoms with van der Waals surface area (Å²) in [6, 6.07) is 6.96. The third kappa shape index (κ3) is 2.42. The summed E-state index contributed by atoms with van der Waals surface area (Å²) < 4.78 is 26.9. The summed E-state index contributed by atoms with van der Waals surface area (Å²) in [5.41, 5.74) is 3.20. The first-order valence-corrected chi connectivity index (χ1v) is 8.36. The number of nitrogens with zero attached hydrogens (tertiary/aromatic N) is 2. The highest BCUT2D eigenvalue weighted by atomic mass is 32.2. The zero-order valence-electron chi connectivity index (χ0n) is 11.3. The lowest BCUT2D eigenvalue weighted by atomic mass is 10.2. The van der Waals surface area contributed by atoms with Crippen molar-refractivity contribution >= 4 is 15.7 Å². The van der Waals surface area contributed by atoms with E-state index >= 15 is 0 Å². The van der Waals surface area contributed by atoms with E-state index in [4.69, 9.17) is 5.84 Å². The summed E-state index contributed by atoms with van der Waals surface area (Å²) in [5.74, 6) is 5.29. The summed E-state index contributed by atoms with van der Waals surface area (Å²) in [7, 11) is -3.39. The Kier molecular flexibility index (Phi) is 3.68.